The third-order valence-corrected chi connectivity index (χ3v) is 4.52. The third kappa shape index (κ3) is 3.00. The molecule has 122 valence electrons. The van der Waals surface area contributed by atoms with Crippen molar-refractivity contribution in [3.8, 4) is 5.69 Å². The number of piperidine rings is 1. The van der Waals surface area contributed by atoms with Crippen molar-refractivity contribution in [3.63, 3.8) is 0 Å². The molecule has 0 unspecified atom stereocenters. The highest BCUT2D eigenvalue weighted by Crippen LogP contribution is 2.23. The number of hydrogen-bond acceptors (Lipinski definition) is 2. The summed E-state index contributed by atoms with van der Waals surface area (Å²) in [6.07, 6.45) is 2.23. The smallest absolute Gasteiger partial charge is 0.257 e. The molecular formula is C18H22FN3O. The van der Waals surface area contributed by atoms with Crippen LogP contribution >= 0.6 is 0 Å². The normalized spacial score (nSPS) is 18.3. The molecule has 2 aromatic rings. The van der Waals surface area contributed by atoms with Crippen LogP contribution in [0.3, 0.4) is 0 Å². The first kappa shape index (κ1) is 15.7. The van der Waals surface area contributed by atoms with Gasteiger partial charge in [0.05, 0.1) is 22.6 Å². The van der Waals surface area contributed by atoms with Crippen LogP contribution in [0, 0.1) is 25.6 Å². The van der Waals surface area contributed by atoms with Gasteiger partial charge >= 0.3 is 0 Å². The first-order valence-electron chi connectivity index (χ1n) is 8.09. The van der Waals surface area contributed by atoms with Crippen molar-refractivity contribution in [2.45, 2.75) is 33.6 Å². The zero-order valence-corrected chi connectivity index (χ0v) is 13.8. The Labute approximate surface area is 135 Å². The molecule has 1 aliphatic rings. The molecule has 2 heterocycles. The Kier molecular flexibility index (Phi) is 4.20. The molecule has 0 saturated carbocycles. The molecule has 0 bridgehead atoms. The Morgan fingerprint density at radius 3 is 2.61 bits per heavy atom. The lowest BCUT2D eigenvalue weighted by atomic mass is 9.99. The third-order valence-electron chi connectivity index (χ3n) is 4.52. The van der Waals surface area contributed by atoms with Gasteiger partial charge in [-0.3, -0.25) is 4.79 Å². The van der Waals surface area contributed by atoms with Crippen LogP contribution in [0.25, 0.3) is 5.69 Å². The van der Waals surface area contributed by atoms with E-state index in [2.05, 4.69) is 12.0 Å². The SMILES string of the molecule is Cc1nn(-c2ccc(F)cc2)c(C)c1C(=O)N1CCC[C@H](C)C1. The quantitative estimate of drug-likeness (QED) is 0.850. The largest absolute Gasteiger partial charge is 0.338 e. The minimum absolute atomic E-state index is 0.0555. The summed E-state index contributed by atoms with van der Waals surface area (Å²) in [5, 5.41) is 4.49. The van der Waals surface area contributed by atoms with Gasteiger partial charge < -0.3 is 4.90 Å². The van der Waals surface area contributed by atoms with Crippen LogP contribution in [0.5, 0.6) is 0 Å². The second-order valence-electron chi connectivity index (χ2n) is 6.43. The second kappa shape index (κ2) is 6.14. The van der Waals surface area contributed by atoms with Crippen LogP contribution in [-0.2, 0) is 0 Å². The number of carbonyl (C=O) groups is 1. The molecule has 1 aromatic heterocycles. The van der Waals surface area contributed by atoms with Crippen molar-refractivity contribution in [2.24, 2.45) is 5.92 Å². The van der Waals surface area contributed by atoms with E-state index in [9.17, 15) is 9.18 Å². The van der Waals surface area contributed by atoms with Crippen molar-refractivity contribution in [3.05, 3.63) is 47.0 Å². The Morgan fingerprint density at radius 2 is 1.96 bits per heavy atom. The topological polar surface area (TPSA) is 38.1 Å². The molecule has 0 N–H and O–H groups in total. The fraction of sp³-hybridized carbons (Fsp3) is 0.444. The van der Waals surface area contributed by atoms with E-state index in [0.29, 0.717) is 11.5 Å². The van der Waals surface area contributed by atoms with E-state index >= 15 is 0 Å². The Bertz CT molecular complexity index is 721. The van der Waals surface area contributed by atoms with E-state index in [1.165, 1.54) is 18.6 Å². The van der Waals surface area contributed by atoms with Crippen molar-refractivity contribution < 1.29 is 9.18 Å². The average molecular weight is 315 g/mol. The summed E-state index contributed by atoms with van der Waals surface area (Å²) in [5.74, 6) is 0.314. The van der Waals surface area contributed by atoms with Crippen LogP contribution in [0.2, 0.25) is 0 Å². The zero-order valence-electron chi connectivity index (χ0n) is 13.8. The summed E-state index contributed by atoms with van der Waals surface area (Å²) in [6.45, 7) is 7.54. The van der Waals surface area contributed by atoms with Gasteiger partial charge in [-0.2, -0.15) is 5.10 Å². The maximum absolute atomic E-state index is 13.1. The lowest BCUT2D eigenvalue weighted by Crippen LogP contribution is -2.39. The van der Waals surface area contributed by atoms with Gasteiger partial charge in [0.25, 0.3) is 5.91 Å². The average Bonchev–Trinajstić information content (AvgIpc) is 2.82. The highest BCUT2D eigenvalue weighted by molar-refractivity contribution is 5.96. The monoisotopic (exact) mass is 315 g/mol. The molecule has 1 atom stereocenters. The van der Waals surface area contributed by atoms with Gasteiger partial charge in [-0.15, -0.1) is 0 Å². The molecule has 4 nitrogen and oxygen atoms in total. The van der Waals surface area contributed by atoms with Gasteiger partial charge in [-0.1, -0.05) is 6.92 Å². The molecule has 3 rings (SSSR count). The van der Waals surface area contributed by atoms with Crippen molar-refractivity contribution in [2.75, 3.05) is 13.1 Å². The fourth-order valence-corrected chi connectivity index (χ4v) is 3.32. The minimum Gasteiger partial charge on any atom is -0.338 e. The van der Waals surface area contributed by atoms with Crippen LogP contribution in [0.1, 0.15) is 41.5 Å². The van der Waals surface area contributed by atoms with Gasteiger partial charge in [0.2, 0.25) is 0 Å². The molecule has 1 aromatic carbocycles. The van der Waals surface area contributed by atoms with Gasteiger partial charge in [0, 0.05) is 13.1 Å². The number of rotatable bonds is 2. The molecule has 0 radical (unpaired) electrons. The second-order valence-corrected chi connectivity index (χ2v) is 6.43. The number of benzene rings is 1. The summed E-state index contributed by atoms with van der Waals surface area (Å²) in [7, 11) is 0. The molecule has 5 heteroatoms. The van der Waals surface area contributed by atoms with E-state index in [4.69, 9.17) is 0 Å². The summed E-state index contributed by atoms with van der Waals surface area (Å²) < 4.78 is 14.8. The molecule has 1 fully saturated rings. The molecule has 1 aliphatic heterocycles. The first-order chi connectivity index (χ1) is 11.0. The summed E-state index contributed by atoms with van der Waals surface area (Å²) in [5.41, 5.74) is 2.95. The molecular weight excluding hydrogens is 293 g/mol. The molecule has 1 amide bonds. The number of aromatic nitrogens is 2. The summed E-state index contributed by atoms with van der Waals surface area (Å²) in [6, 6.07) is 6.15. The zero-order chi connectivity index (χ0) is 16.6. The van der Waals surface area contributed by atoms with Gasteiger partial charge in [0.1, 0.15) is 5.82 Å². The Hall–Kier alpha value is -2.17. The van der Waals surface area contributed by atoms with Crippen molar-refractivity contribution in [1.82, 2.24) is 14.7 Å². The summed E-state index contributed by atoms with van der Waals surface area (Å²) in [4.78, 5) is 14.8. The number of carbonyl (C=O) groups excluding carboxylic acids is 1. The van der Waals surface area contributed by atoms with Gasteiger partial charge in [0.15, 0.2) is 0 Å². The van der Waals surface area contributed by atoms with E-state index < -0.39 is 0 Å². The lowest BCUT2D eigenvalue weighted by Gasteiger charge is -2.31. The number of likely N-dealkylation sites (tertiary alicyclic amines) is 1. The molecule has 23 heavy (non-hydrogen) atoms. The lowest BCUT2D eigenvalue weighted by molar-refractivity contribution is 0.0681. The Balaban J connectivity index is 1.94. The standard InChI is InChI=1S/C18H22FN3O/c1-12-5-4-10-21(11-12)18(23)17-13(2)20-22(14(17)3)16-8-6-15(19)7-9-16/h6-9,12H,4-5,10-11H2,1-3H3/t12-/m0/s1. The van der Waals surface area contributed by atoms with Crippen LogP contribution in [0.4, 0.5) is 4.39 Å². The Morgan fingerprint density at radius 1 is 1.26 bits per heavy atom. The first-order valence-corrected chi connectivity index (χ1v) is 8.09. The van der Waals surface area contributed by atoms with Crippen LogP contribution < -0.4 is 0 Å². The van der Waals surface area contributed by atoms with E-state index in [1.807, 2.05) is 18.7 Å². The number of aryl methyl sites for hydroxylation is 1. The number of hydrogen-bond donors (Lipinski definition) is 0. The summed E-state index contributed by atoms with van der Waals surface area (Å²) >= 11 is 0. The minimum atomic E-state index is -0.283. The molecule has 1 saturated heterocycles. The van der Waals surface area contributed by atoms with Gasteiger partial charge in [-0.05, 0) is 56.9 Å². The van der Waals surface area contributed by atoms with Crippen LogP contribution in [-0.4, -0.2) is 33.7 Å². The maximum Gasteiger partial charge on any atom is 0.257 e. The van der Waals surface area contributed by atoms with Crippen molar-refractivity contribution in [1.29, 1.82) is 0 Å². The van der Waals surface area contributed by atoms with Crippen molar-refractivity contribution >= 4 is 5.91 Å². The van der Waals surface area contributed by atoms with Gasteiger partial charge in [-0.25, -0.2) is 9.07 Å². The highest BCUT2D eigenvalue weighted by Gasteiger charge is 2.27. The van der Waals surface area contributed by atoms with E-state index in [-0.39, 0.29) is 11.7 Å². The molecule has 0 spiro atoms. The molecule has 0 aliphatic carbocycles. The predicted octanol–water partition coefficient (Wildman–Crippen LogP) is 3.50. The van der Waals surface area contributed by atoms with Crippen LogP contribution in [0.15, 0.2) is 24.3 Å². The highest BCUT2D eigenvalue weighted by atomic mass is 19.1. The van der Waals surface area contributed by atoms with E-state index in [0.717, 1.165) is 36.6 Å². The fourth-order valence-electron chi connectivity index (χ4n) is 3.32. The van der Waals surface area contributed by atoms with E-state index in [1.54, 1.807) is 16.8 Å². The number of halogens is 1. The number of nitrogens with zero attached hydrogens (tertiary/aromatic N) is 3. The number of amides is 1. The predicted molar refractivity (Wildman–Crippen MR) is 87.3 cm³/mol. The maximum atomic E-state index is 13.1.